The predicted molar refractivity (Wildman–Crippen MR) is 127 cm³/mol. The van der Waals surface area contributed by atoms with Gasteiger partial charge in [-0.3, -0.25) is 18.9 Å². The van der Waals surface area contributed by atoms with Gasteiger partial charge in [-0.1, -0.05) is 31.2 Å². The van der Waals surface area contributed by atoms with Gasteiger partial charge >= 0.3 is 0 Å². The minimum Gasteiger partial charge on any atom is -0.351 e. The van der Waals surface area contributed by atoms with Crippen LogP contribution in [0, 0.1) is 5.92 Å². The van der Waals surface area contributed by atoms with Gasteiger partial charge in [-0.05, 0) is 43.0 Å². The van der Waals surface area contributed by atoms with Gasteiger partial charge in [0.05, 0.1) is 11.4 Å². The standard InChI is InChI=1S/C23H28N4O2S2/c1-17-6-8-26(9-7-17)14-19-4-2-18(3-5-19)13-24-21(28)16-30-15-20-12-22(29)27-10-11-31-23(27)25-20/h2-5,10-12,17H,6-9,13-16H2,1H3,(H,24,28). The number of benzene rings is 1. The van der Waals surface area contributed by atoms with Gasteiger partial charge < -0.3 is 5.32 Å². The maximum Gasteiger partial charge on any atom is 0.258 e. The number of thiazole rings is 1. The number of rotatable bonds is 8. The van der Waals surface area contributed by atoms with Crippen LogP contribution >= 0.6 is 23.1 Å². The summed E-state index contributed by atoms with van der Waals surface area (Å²) in [4.78, 5) is 31.9. The lowest BCUT2D eigenvalue weighted by molar-refractivity contribution is -0.118. The van der Waals surface area contributed by atoms with Crippen molar-refractivity contribution >= 4 is 34.0 Å². The first kappa shape index (κ1) is 22.0. The van der Waals surface area contributed by atoms with Crippen molar-refractivity contribution in [2.24, 2.45) is 5.92 Å². The summed E-state index contributed by atoms with van der Waals surface area (Å²) < 4.78 is 1.53. The van der Waals surface area contributed by atoms with E-state index in [2.05, 4.69) is 46.4 Å². The second kappa shape index (κ2) is 10.4. The zero-order chi connectivity index (χ0) is 21.6. The average molecular weight is 457 g/mol. The maximum absolute atomic E-state index is 12.2. The zero-order valence-electron chi connectivity index (χ0n) is 17.8. The number of nitrogens with zero attached hydrogens (tertiary/aromatic N) is 3. The second-order valence-corrected chi connectivity index (χ2v) is 10.0. The summed E-state index contributed by atoms with van der Waals surface area (Å²) in [6.07, 6.45) is 4.30. The summed E-state index contributed by atoms with van der Waals surface area (Å²) in [5.41, 5.74) is 3.06. The minimum atomic E-state index is -0.0791. The van der Waals surface area contributed by atoms with E-state index in [-0.39, 0.29) is 11.5 Å². The van der Waals surface area contributed by atoms with Crippen LogP contribution in [0.2, 0.25) is 0 Å². The molecule has 2 aromatic heterocycles. The third kappa shape index (κ3) is 6.18. The van der Waals surface area contributed by atoms with Gasteiger partial charge in [0.15, 0.2) is 4.96 Å². The third-order valence-corrected chi connectivity index (χ3v) is 7.36. The van der Waals surface area contributed by atoms with Gasteiger partial charge in [0.1, 0.15) is 0 Å². The molecule has 0 saturated carbocycles. The maximum atomic E-state index is 12.2. The first-order chi connectivity index (χ1) is 15.1. The van der Waals surface area contributed by atoms with Gasteiger partial charge in [0.25, 0.3) is 5.56 Å². The number of likely N-dealkylation sites (tertiary alicyclic amines) is 1. The van der Waals surface area contributed by atoms with Gasteiger partial charge in [0.2, 0.25) is 5.91 Å². The molecule has 0 bridgehead atoms. The quantitative estimate of drug-likeness (QED) is 0.562. The lowest BCUT2D eigenvalue weighted by Gasteiger charge is -2.30. The number of hydrogen-bond donors (Lipinski definition) is 1. The van der Waals surface area contributed by atoms with Crippen molar-refractivity contribution in [1.82, 2.24) is 19.6 Å². The fourth-order valence-electron chi connectivity index (χ4n) is 3.70. The molecule has 0 atom stereocenters. The monoisotopic (exact) mass is 456 g/mol. The molecule has 0 radical (unpaired) electrons. The van der Waals surface area contributed by atoms with E-state index in [1.54, 1.807) is 6.20 Å². The zero-order valence-corrected chi connectivity index (χ0v) is 19.4. The van der Waals surface area contributed by atoms with Crippen molar-refractivity contribution in [3.63, 3.8) is 0 Å². The lowest BCUT2D eigenvalue weighted by Crippen LogP contribution is -2.32. The Balaban J connectivity index is 1.18. The number of carbonyl (C=O) groups is 1. The molecule has 31 heavy (non-hydrogen) atoms. The van der Waals surface area contributed by atoms with E-state index in [1.165, 1.54) is 65.1 Å². The van der Waals surface area contributed by atoms with Crippen molar-refractivity contribution in [3.05, 3.63) is 69.1 Å². The molecule has 1 fully saturated rings. The smallest absolute Gasteiger partial charge is 0.258 e. The molecule has 0 aliphatic carbocycles. The Hall–Kier alpha value is -2.16. The molecular formula is C23H28N4O2S2. The van der Waals surface area contributed by atoms with E-state index in [9.17, 15) is 9.59 Å². The largest absolute Gasteiger partial charge is 0.351 e. The summed E-state index contributed by atoms with van der Waals surface area (Å²) in [7, 11) is 0. The highest BCUT2D eigenvalue weighted by atomic mass is 32.2. The van der Waals surface area contributed by atoms with Gasteiger partial charge in [0, 0.05) is 36.5 Å². The van der Waals surface area contributed by atoms with Crippen molar-refractivity contribution < 1.29 is 4.79 Å². The van der Waals surface area contributed by atoms with Crippen LogP contribution in [0.1, 0.15) is 36.6 Å². The molecule has 0 unspecified atom stereocenters. The Morgan fingerprint density at radius 1 is 1.23 bits per heavy atom. The number of aromatic nitrogens is 2. The Labute approximate surface area is 190 Å². The van der Waals surface area contributed by atoms with E-state index in [0.29, 0.717) is 28.7 Å². The second-order valence-electron chi connectivity index (χ2n) is 8.19. The van der Waals surface area contributed by atoms with Crippen molar-refractivity contribution in [1.29, 1.82) is 0 Å². The molecule has 1 aliphatic rings. The van der Waals surface area contributed by atoms with Crippen molar-refractivity contribution in [2.45, 2.75) is 38.6 Å². The number of piperidine rings is 1. The Morgan fingerprint density at radius 3 is 2.74 bits per heavy atom. The van der Waals surface area contributed by atoms with Crippen molar-refractivity contribution in [3.8, 4) is 0 Å². The number of fused-ring (bicyclic) bond motifs is 1. The Bertz CT molecular complexity index is 1070. The van der Waals surface area contributed by atoms with E-state index in [4.69, 9.17) is 0 Å². The van der Waals surface area contributed by atoms with Crippen LogP contribution in [-0.4, -0.2) is 39.0 Å². The molecule has 1 amide bonds. The van der Waals surface area contributed by atoms with Crippen LogP contribution in [0.4, 0.5) is 0 Å². The molecule has 8 heteroatoms. The molecule has 4 rings (SSSR count). The Kier molecular flexibility index (Phi) is 7.42. The van der Waals surface area contributed by atoms with Crippen LogP contribution in [-0.2, 0) is 23.6 Å². The number of thioether (sulfide) groups is 1. The van der Waals surface area contributed by atoms with E-state index < -0.39 is 0 Å². The van der Waals surface area contributed by atoms with Gasteiger partial charge in [-0.2, -0.15) is 0 Å². The van der Waals surface area contributed by atoms with Crippen LogP contribution in [0.25, 0.3) is 4.96 Å². The highest BCUT2D eigenvalue weighted by Gasteiger charge is 2.15. The molecule has 164 valence electrons. The van der Waals surface area contributed by atoms with Crippen LogP contribution in [0.15, 0.2) is 46.7 Å². The van der Waals surface area contributed by atoms with Crippen LogP contribution in [0.5, 0.6) is 0 Å². The van der Waals surface area contributed by atoms with E-state index >= 15 is 0 Å². The SMILES string of the molecule is CC1CCN(Cc2ccc(CNC(=O)CSCc3cc(=O)n4ccsc4n3)cc2)CC1. The van der Waals surface area contributed by atoms with E-state index in [0.717, 1.165) is 18.0 Å². The third-order valence-electron chi connectivity index (χ3n) is 5.63. The highest BCUT2D eigenvalue weighted by molar-refractivity contribution is 7.99. The van der Waals surface area contributed by atoms with Crippen LogP contribution in [0.3, 0.4) is 0 Å². The molecule has 3 aromatic rings. The first-order valence-corrected chi connectivity index (χ1v) is 12.7. The van der Waals surface area contributed by atoms with Crippen molar-refractivity contribution in [2.75, 3.05) is 18.8 Å². The molecule has 1 saturated heterocycles. The number of hydrogen-bond acceptors (Lipinski definition) is 6. The molecule has 0 spiro atoms. The summed E-state index contributed by atoms with van der Waals surface area (Å²) in [6, 6.07) is 10.1. The lowest BCUT2D eigenvalue weighted by atomic mass is 9.99. The Morgan fingerprint density at radius 2 is 1.97 bits per heavy atom. The van der Waals surface area contributed by atoms with Crippen LogP contribution < -0.4 is 10.9 Å². The molecule has 3 heterocycles. The topological polar surface area (TPSA) is 66.7 Å². The molecule has 1 aliphatic heterocycles. The first-order valence-electron chi connectivity index (χ1n) is 10.7. The normalized spacial score (nSPS) is 15.4. The summed E-state index contributed by atoms with van der Waals surface area (Å²) in [5.74, 6) is 1.73. The molecule has 1 N–H and O–H groups in total. The highest BCUT2D eigenvalue weighted by Crippen LogP contribution is 2.18. The van der Waals surface area contributed by atoms with E-state index in [1.807, 2.05) is 5.38 Å². The average Bonchev–Trinajstić information content (AvgIpc) is 3.24. The molecule has 6 nitrogen and oxygen atoms in total. The molecule has 1 aromatic carbocycles. The van der Waals surface area contributed by atoms with Gasteiger partial charge in [-0.25, -0.2) is 4.98 Å². The predicted octanol–water partition coefficient (Wildman–Crippen LogP) is 3.54. The summed E-state index contributed by atoms with van der Waals surface area (Å²) in [6.45, 7) is 6.23. The summed E-state index contributed by atoms with van der Waals surface area (Å²) >= 11 is 2.90. The number of nitrogens with one attached hydrogen (secondary N) is 1. The summed E-state index contributed by atoms with van der Waals surface area (Å²) in [5, 5.41) is 4.82. The van der Waals surface area contributed by atoms with Gasteiger partial charge in [-0.15, -0.1) is 23.1 Å². The minimum absolute atomic E-state index is 0.00885. The number of carbonyl (C=O) groups excluding carboxylic acids is 1. The number of amides is 1. The molecular weight excluding hydrogens is 428 g/mol. The fraction of sp³-hybridized carbons (Fsp3) is 0.435. The fourth-order valence-corrected chi connectivity index (χ4v) is 5.19.